The van der Waals surface area contributed by atoms with Crippen LogP contribution in [-0.2, 0) is 11.2 Å². The molecule has 2 unspecified atom stereocenters. The van der Waals surface area contributed by atoms with Gasteiger partial charge in [-0.05, 0) is 11.6 Å². The minimum absolute atomic E-state index is 0.104. The molecule has 0 aliphatic carbocycles. The number of fused-ring (bicyclic) bond motifs is 1. The lowest BCUT2D eigenvalue weighted by Crippen LogP contribution is -2.40. The zero-order valence-corrected chi connectivity index (χ0v) is 7.31. The Kier molecular flexibility index (Phi) is 2.11. The van der Waals surface area contributed by atoms with E-state index >= 15 is 0 Å². The first-order chi connectivity index (χ1) is 6.68. The van der Waals surface area contributed by atoms with E-state index in [1.807, 2.05) is 0 Å². The molecule has 0 aromatic heterocycles. The molecule has 14 heavy (non-hydrogen) atoms. The van der Waals surface area contributed by atoms with E-state index in [9.17, 15) is 9.18 Å². The topological polar surface area (TPSA) is 46.5 Å². The van der Waals surface area contributed by atoms with Gasteiger partial charge in [0, 0.05) is 6.42 Å². The van der Waals surface area contributed by atoms with Crippen LogP contribution in [0, 0.1) is 0 Å². The number of carbonyl (C=O) groups is 1. The van der Waals surface area contributed by atoms with Crippen LogP contribution < -0.4 is 4.74 Å². The summed E-state index contributed by atoms with van der Waals surface area (Å²) >= 11 is 0. The van der Waals surface area contributed by atoms with Crippen LogP contribution in [0.15, 0.2) is 24.3 Å². The normalized spacial score (nSPS) is 24.9. The Morgan fingerprint density at radius 3 is 2.93 bits per heavy atom. The summed E-state index contributed by atoms with van der Waals surface area (Å²) < 4.78 is 18.3. The van der Waals surface area contributed by atoms with Crippen molar-refractivity contribution in [3.05, 3.63) is 29.8 Å². The zero-order valence-electron chi connectivity index (χ0n) is 7.31. The molecule has 4 heteroatoms. The van der Waals surface area contributed by atoms with Crippen molar-refractivity contribution in [3.63, 3.8) is 0 Å². The Balaban J connectivity index is 2.31. The summed E-state index contributed by atoms with van der Waals surface area (Å²) in [4.78, 5) is 10.6. The summed E-state index contributed by atoms with van der Waals surface area (Å²) in [5.41, 5.74) is 0.720. The molecule has 0 fully saturated rings. The van der Waals surface area contributed by atoms with Crippen LogP contribution in [-0.4, -0.2) is 23.4 Å². The monoisotopic (exact) mass is 196 g/mol. The number of ether oxygens (including phenoxy) is 1. The van der Waals surface area contributed by atoms with Gasteiger partial charge >= 0.3 is 5.97 Å². The van der Waals surface area contributed by atoms with Gasteiger partial charge in [-0.3, -0.25) is 0 Å². The first-order valence-corrected chi connectivity index (χ1v) is 4.30. The predicted molar refractivity (Wildman–Crippen MR) is 47.1 cm³/mol. The lowest BCUT2D eigenvalue weighted by Gasteiger charge is -2.25. The van der Waals surface area contributed by atoms with Crippen LogP contribution in [0.1, 0.15) is 5.56 Å². The predicted octanol–water partition coefficient (Wildman–Crippen LogP) is 1.41. The molecule has 0 radical (unpaired) electrons. The van der Waals surface area contributed by atoms with E-state index in [0.717, 1.165) is 5.56 Å². The number of carboxylic acid groups (broad SMARTS) is 1. The van der Waals surface area contributed by atoms with Crippen molar-refractivity contribution in [1.82, 2.24) is 0 Å². The number of alkyl halides is 1. The summed E-state index contributed by atoms with van der Waals surface area (Å²) in [5, 5.41) is 8.67. The summed E-state index contributed by atoms with van der Waals surface area (Å²) in [6.45, 7) is 0. The Morgan fingerprint density at radius 1 is 1.50 bits per heavy atom. The van der Waals surface area contributed by atoms with Crippen LogP contribution >= 0.6 is 0 Å². The third kappa shape index (κ3) is 1.43. The highest BCUT2D eigenvalue weighted by molar-refractivity contribution is 5.74. The molecule has 1 heterocycles. The van der Waals surface area contributed by atoms with Gasteiger partial charge in [0.05, 0.1) is 0 Å². The van der Waals surface area contributed by atoms with Crippen molar-refractivity contribution in [1.29, 1.82) is 0 Å². The fraction of sp³-hybridized carbons (Fsp3) is 0.300. The van der Waals surface area contributed by atoms with Crippen molar-refractivity contribution in [2.75, 3.05) is 0 Å². The van der Waals surface area contributed by atoms with Gasteiger partial charge in [-0.2, -0.15) is 0 Å². The molecule has 1 aliphatic heterocycles. The fourth-order valence-electron chi connectivity index (χ4n) is 1.52. The van der Waals surface area contributed by atoms with E-state index in [2.05, 4.69) is 0 Å². The zero-order chi connectivity index (χ0) is 10.1. The number of rotatable bonds is 1. The van der Waals surface area contributed by atoms with Gasteiger partial charge in [-0.25, -0.2) is 9.18 Å². The number of hydrogen-bond acceptors (Lipinski definition) is 2. The highest BCUT2D eigenvalue weighted by Crippen LogP contribution is 2.28. The average Bonchev–Trinajstić information content (AvgIpc) is 2.16. The van der Waals surface area contributed by atoms with E-state index < -0.39 is 18.2 Å². The van der Waals surface area contributed by atoms with Gasteiger partial charge in [0.25, 0.3) is 0 Å². The van der Waals surface area contributed by atoms with Crippen LogP contribution in [0.25, 0.3) is 0 Å². The van der Waals surface area contributed by atoms with Gasteiger partial charge in [-0.15, -0.1) is 0 Å². The van der Waals surface area contributed by atoms with Crippen molar-refractivity contribution in [2.24, 2.45) is 0 Å². The van der Waals surface area contributed by atoms with E-state index in [0.29, 0.717) is 5.75 Å². The molecule has 0 amide bonds. The van der Waals surface area contributed by atoms with E-state index in [1.165, 1.54) is 0 Å². The number of halogens is 1. The number of para-hydroxylation sites is 1. The molecule has 0 bridgehead atoms. The minimum atomic E-state index is -1.47. The van der Waals surface area contributed by atoms with Crippen LogP contribution in [0.5, 0.6) is 5.75 Å². The van der Waals surface area contributed by atoms with Gasteiger partial charge < -0.3 is 9.84 Å². The molecule has 0 saturated heterocycles. The molecule has 0 spiro atoms. The third-order valence-electron chi connectivity index (χ3n) is 2.21. The molecule has 2 rings (SSSR count). The Morgan fingerprint density at radius 2 is 2.21 bits per heavy atom. The molecule has 1 aliphatic rings. The van der Waals surface area contributed by atoms with Crippen molar-refractivity contribution < 1.29 is 19.0 Å². The van der Waals surface area contributed by atoms with Crippen LogP contribution in [0.3, 0.4) is 0 Å². The maximum absolute atomic E-state index is 13.3. The van der Waals surface area contributed by atoms with E-state index in [1.54, 1.807) is 24.3 Å². The quantitative estimate of drug-likeness (QED) is 0.738. The summed E-state index contributed by atoms with van der Waals surface area (Å²) in [7, 11) is 0. The maximum atomic E-state index is 13.3. The summed E-state index contributed by atoms with van der Waals surface area (Å²) in [6, 6.07) is 6.89. The minimum Gasteiger partial charge on any atom is -0.478 e. The van der Waals surface area contributed by atoms with Crippen molar-refractivity contribution >= 4 is 5.97 Å². The largest absolute Gasteiger partial charge is 0.478 e. The lowest BCUT2D eigenvalue weighted by molar-refractivity contribution is -0.148. The molecule has 3 nitrogen and oxygen atoms in total. The highest BCUT2D eigenvalue weighted by Gasteiger charge is 2.35. The molecule has 1 N–H and O–H groups in total. The molecule has 0 saturated carbocycles. The first kappa shape index (κ1) is 8.99. The van der Waals surface area contributed by atoms with Crippen LogP contribution in [0.2, 0.25) is 0 Å². The number of benzene rings is 1. The number of aliphatic carboxylic acids is 1. The smallest absolute Gasteiger partial charge is 0.348 e. The van der Waals surface area contributed by atoms with Gasteiger partial charge in [0.2, 0.25) is 6.10 Å². The van der Waals surface area contributed by atoms with E-state index in [4.69, 9.17) is 9.84 Å². The van der Waals surface area contributed by atoms with Crippen molar-refractivity contribution in [2.45, 2.75) is 18.7 Å². The fourth-order valence-corrected chi connectivity index (χ4v) is 1.52. The maximum Gasteiger partial charge on any atom is 0.348 e. The van der Waals surface area contributed by atoms with Gasteiger partial charge in [0.15, 0.2) is 6.17 Å². The van der Waals surface area contributed by atoms with E-state index in [-0.39, 0.29) is 6.42 Å². The second-order valence-electron chi connectivity index (χ2n) is 3.20. The molecule has 1 aromatic carbocycles. The molecule has 1 aromatic rings. The second-order valence-corrected chi connectivity index (χ2v) is 3.20. The Labute approximate surface area is 80.1 Å². The van der Waals surface area contributed by atoms with Crippen LogP contribution in [0.4, 0.5) is 4.39 Å². The Hall–Kier alpha value is -1.58. The molecule has 2 atom stereocenters. The Bertz CT molecular complexity index is 364. The third-order valence-corrected chi connectivity index (χ3v) is 2.21. The molecular weight excluding hydrogens is 187 g/mol. The highest BCUT2D eigenvalue weighted by atomic mass is 19.1. The standard InChI is InChI=1S/C10H9FO3/c11-7-5-6-3-1-2-4-8(6)14-9(7)10(12)13/h1-4,7,9H,5H2,(H,12,13). The number of carboxylic acids is 1. The second kappa shape index (κ2) is 3.29. The number of hydrogen-bond donors (Lipinski definition) is 1. The lowest BCUT2D eigenvalue weighted by atomic mass is 10.0. The average molecular weight is 196 g/mol. The van der Waals surface area contributed by atoms with Gasteiger partial charge in [0.1, 0.15) is 5.75 Å². The van der Waals surface area contributed by atoms with Gasteiger partial charge in [-0.1, -0.05) is 18.2 Å². The summed E-state index contributed by atoms with van der Waals surface area (Å²) in [5.74, 6) is -0.791. The molecular formula is C10H9FO3. The SMILES string of the molecule is O=C(O)C1Oc2ccccc2CC1F. The first-order valence-electron chi connectivity index (χ1n) is 4.30. The molecule has 74 valence electrons. The van der Waals surface area contributed by atoms with Crippen molar-refractivity contribution in [3.8, 4) is 5.75 Å². The summed E-state index contributed by atoms with van der Waals surface area (Å²) in [6.07, 6.45) is -2.74.